The van der Waals surface area contributed by atoms with Gasteiger partial charge in [0.1, 0.15) is 14.8 Å². The standard InChI is InChI=1S/C10H8BrClN2O4S3/c1-4-7(10(15)16)9(20-13-4)14(2)21(17,18)6-3-5(12)8(11)19-6/h3H,1-2H3,(H,15,16). The number of hydrogen-bond acceptors (Lipinski definition) is 6. The molecule has 6 nitrogen and oxygen atoms in total. The number of anilines is 1. The number of carbonyl (C=O) groups is 1. The lowest BCUT2D eigenvalue weighted by atomic mass is 10.2. The number of aryl methyl sites for hydroxylation is 1. The maximum Gasteiger partial charge on any atom is 0.340 e. The first kappa shape index (κ1) is 16.7. The molecule has 0 aromatic carbocycles. The third-order valence-electron chi connectivity index (χ3n) is 2.58. The second-order valence-electron chi connectivity index (χ2n) is 3.91. The van der Waals surface area contributed by atoms with Crippen LogP contribution in [0.3, 0.4) is 0 Å². The molecule has 0 atom stereocenters. The Kier molecular flexibility index (Phi) is 4.64. The Morgan fingerprint density at radius 1 is 1.52 bits per heavy atom. The maximum absolute atomic E-state index is 12.5. The molecule has 2 aromatic rings. The summed E-state index contributed by atoms with van der Waals surface area (Å²) in [5.41, 5.74) is 0.155. The normalized spacial score (nSPS) is 11.6. The van der Waals surface area contributed by atoms with E-state index in [0.29, 0.717) is 3.79 Å². The van der Waals surface area contributed by atoms with Gasteiger partial charge in [0, 0.05) is 7.05 Å². The number of thiophene rings is 1. The van der Waals surface area contributed by atoms with Crippen LogP contribution in [-0.2, 0) is 10.0 Å². The molecular formula is C10H8BrClN2O4S3. The van der Waals surface area contributed by atoms with Crippen molar-refractivity contribution in [3.05, 3.63) is 26.1 Å². The van der Waals surface area contributed by atoms with Gasteiger partial charge in [0.05, 0.1) is 14.5 Å². The molecule has 0 unspecified atom stereocenters. The topological polar surface area (TPSA) is 87.6 Å². The lowest BCUT2D eigenvalue weighted by molar-refractivity contribution is 0.0697. The van der Waals surface area contributed by atoms with E-state index < -0.39 is 16.0 Å². The molecular weight excluding hydrogens is 424 g/mol. The summed E-state index contributed by atoms with van der Waals surface area (Å²) >= 11 is 10.8. The van der Waals surface area contributed by atoms with E-state index in [1.807, 2.05) is 0 Å². The molecule has 0 saturated carbocycles. The summed E-state index contributed by atoms with van der Waals surface area (Å²) in [7, 11) is -2.60. The summed E-state index contributed by atoms with van der Waals surface area (Å²) < 4.78 is 30.4. The Morgan fingerprint density at radius 3 is 2.62 bits per heavy atom. The van der Waals surface area contributed by atoms with Crippen LogP contribution in [0.1, 0.15) is 16.1 Å². The highest BCUT2D eigenvalue weighted by atomic mass is 79.9. The van der Waals surface area contributed by atoms with E-state index in [1.165, 1.54) is 20.0 Å². The third kappa shape index (κ3) is 2.95. The van der Waals surface area contributed by atoms with Gasteiger partial charge in [-0.3, -0.25) is 4.31 Å². The fourth-order valence-electron chi connectivity index (χ4n) is 1.52. The van der Waals surface area contributed by atoms with Gasteiger partial charge in [-0.2, -0.15) is 4.37 Å². The number of sulfonamides is 1. The predicted octanol–water partition coefficient (Wildman–Crippen LogP) is 3.45. The molecule has 0 amide bonds. The van der Waals surface area contributed by atoms with Gasteiger partial charge in [0.15, 0.2) is 0 Å². The number of aromatic carboxylic acids is 1. The number of carboxylic acids is 1. The molecule has 0 radical (unpaired) electrons. The van der Waals surface area contributed by atoms with Crippen molar-refractivity contribution in [1.82, 2.24) is 4.37 Å². The van der Waals surface area contributed by atoms with Crippen molar-refractivity contribution in [2.45, 2.75) is 11.1 Å². The Balaban J connectivity index is 2.53. The summed E-state index contributed by atoms with van der Waals surface area (Å²) in [6, 6.07) is 1.32. The molecule has 0 saturated heterocycles. The average Bonchev–Trinajstić information content (AvgIpc) is 2.93. The van der Waals surface area contributed by atoms with Crippen molar-refractivity contribution < 1.29 is 18.3 Å². The zero-order chi connectivity index (χ0) is 15.9. The van der Waals surface area contributed by atoms with Crippen LogP contribution in [0.5, 0.6) is 0 Å². The molecule has 1 N–H and O–H groups in total. The largest absolute Gasteiger partial charge is 0.478 e. The number of hydrogen-bond donors (Lipinski definition) is 1. The Labute approximate surface area is 142 Å². The maximum atomic E-state index is 12.5. The van der Waals surface area contributed by atoms with Gasteiger partial charge >= 0.3 is 5.97 Å². The summed E-state index contributed by atoms with van der Waals surface area (Å²) in [5.74, 6) is -1.22. The minimum absolute atomic E-state index is 0.0178. The molecule has 11 heteroatoms. The number of aromatic nitrogens is 1. The summed E-state index contributed by atoms with van der Waals surface area (Å²) in [5, 5.41) is 9.53. The third-order valence-corrected chi connectivity index (χ3v) is 8.39. The number of rotatable bonds is 4. The molecule has 0 fully saturated rings. The van der Waals surface area contributed by atoms with E-state index in [2.05, 4.69) is 20.3 Å². The van der Waals surface area contributed by atoms with Crippen molar-refractivity contribution in [1.29, 1.82) is 0 Å². The monoisotopic (exact) mass is 430 g/mol. The van der Waals surface area contributed by atoms with E-state index in [1.54, 1.807) is 0 Å². The van der Waals surface area contributed by atoms with Gasteiger partial charge in [0.25, 0.3) is 10.0 Å². The highest BCUT2D eigenvalue weighted by Crippen LogP contribution is 2.38. The van der Waals surface area contributed by atoms with Gasteiger partial charge in [-0.1, -0.05) is 11.6 Å². The number of nitrogens with zero attached hydrogens (tertiary/aromatic N) is 2. The molecule has 2 rings (SSSR count). The SMILES string of the molecule is Cc1nsc(N(C)S(=O)(=O)c2cc(Cl)c(Br)s2)c1C(=O)O. The van der Waals surface area contributed by atoms with Gasteiger partial charge in [0.2, 0.25) is 0 Å². The van der Waals surface area contributed by atoms with Crippen LogP contribution in [0, 0.1) is 6.92 Å². The zero-order valence-corrected chi connectivity index (χ0v) is 15.4. The van der Waals surface area contributed by atoms with E-state index in [0.717, 1.165) is 27.2 Å². The molecule has 21 heavy (non-hydrogen) atoms. The Hall–Kier alpha value is -0.680. The van der Waals surface area contributed by atoms with Gasteiger partial charge in [-0.15, -0.1) is 11.3 Å². The van der Waals surface area contributed by atoms with Crippen molar-refractivity contribution in [3.63, 3.8) is 0 Å². The van der Waals surface area contributed by atoms with Crippen LogP contribution in [0.2, 0.25) is 5.02 Å². The Bertz CT molecular complexity index is 795. The average molecular weight is 432 g/mol. The van der Waals surface area contributed by atoms with Gasteiger partial charge in [-0.25, -0.2) is 13.2 Å². The van der Waals surface area contributed by atoms with Crippen LogP contribution < -0.4 is 4.31 Å². The fraction of sp³-hybridized carbons (Fsp3) is 0.200. The van der Waals surface area contributed by atoms with Gasteiger partial charge in [-0.05, 0) is 40.5 Å². The van der Waals surface area contributed by atoms with Crippen LogP contribution in [-0.4, -0.2) is 30.9 Å². The van der Waals surface area contributed by atoms with E-state index in [-0.39, 0.29) is 25.5 Å². The van der Waals surface area contributed by atoms with Crippen molar-refractivity contribution >= 4 is 71.4 Å². The first-order valence-electron chi connectivity index (χ1n) is 5.29. The predicted molar refractivity (Wildman–Crippen MR) is 86.4 cm³/mol. The highest BCUT2D eigenvalue weighted by Gasteiger charge is 2.30. The van der Waals surface area contributed by atoms with Crippen molar-refractivity contribution in [2.75, 3.05) is 11.4 Å². The number of carboxylic acid groups (broad SMARTS) is 1. The van der Waals surface area contributed by atoms with Crippen LogP contribution in [0.4, 0.5) is 5.00 Å². The fourth-order valence-corrected chi connectivity index (χ4v) is 6.34. The quantitative estimate of drug-likeness (QED) is 0.801. The zero-order valence-electron chi connectivity index (χ0n) is 10.6. The second-order valence-corrected chi connectivity index (χ2v) is 9.64. The molecule has 2 heterocycles. The second kappa shape index (κ2) is 5.84. The molecule has 114 valence electrons. The van der Waals surface area contributed by atoms with Gasteiger partial charge < -0.3 is 5.11 Å². The first-order chi connectivity index (χ1) is 9.66. The Morgan fingerprint density at radius 2 is 2.14 bits per heavy atom. The lowest BCUT2D eigenvalue weighted by Crippen LogP contribution is -2.26. The van der Waals surface area contributed by atoms with E-state index in [9.17, 15) is 18.3 Å². The lowest BCUT2D eigenvalue weighted by Gasteiger charge is -2.16. The molecule has 0 aliphatic carbocycles. The molecule has 2 aromatic heterocycles. The van der Waals surface area contributed by atoms with Crippen LogP contribution >= 0.6 is 50.4 Å². The van der Waals surface area contributed by atoms with Crippen molar-refractivity contribution in [3.8, 4) is 0 Å². The van der Waals surface area contributed by atoms with Crippen molar-refractivity contribution in [2.24, 2.45) is 0 Å². The summed E-state index contributed by atoms with van der Waals surface area (Å²) in [4.78, 5) is 11.2. The highest BCUT2D eigenvalue weighted by molar-refractivity contribution is 9.11. The molecule has 0 spiro atoms. The minimum Gasteiger partial charge on any atom is -0.478 e. The first-order valence-corrected chi connectivity index (χ1v) is 9.49. The molecule has 0 aliphatic rings. The van der Waals surface area contributed by atoms with E-state index >= 15 is 0 Å². The van der Waals surface area contributed by atoms with Crippen LogP contribution in [0.15, 0.2) is 14.1 Å². The smallest absolute Gasteiger partial charge is 0.340 e. The molecule has 0 bridgehead atoms. The molecule has 0 aliphatic heterocycles. The van der Waals surface area contributed by atoms with Crippen LogP contribution in [0.25, 0.3) is 0 Å². The van der Waals surface area contributed by atoms with E-state index in [4.69, 9.17) is 11.6 Å². The minimum atomic E-state index is -3.89. The number of halogens is 2. The summed E-state index contributed by atoms with van der Waals surface area (Å²) in [6.45, 7) is 1.52. The summed E-state index contributed by atoms with van der Waals surface area (Å²) in [6.07, 6.45) is 0.